The average molecular weight is 108 g/mol. The third kappa shape index (κ3) is 0.778. The summed E-state index contributed by atoms with van der Waals surface area (Å²) >= 11 is 0. The van der Waals surface area contributed by atoms with Gasteiger partial charge in [-0.05, 0) is 0 Å². The zero-order valence-corrected chi connectivity index (χ0v) is 4.53. The molecule has 0 spiro atoms. The lowest BCUT2D eigenvalue weighted by molar-refractivity contribution is 0.261. The second-order valence-corrected chi connectivity index (χ2v) is 1.49. The fraction of sp³-hybridized carbons (Fsp3) is 0. The minimum Gasteiger partial charge on any atom is -0.288 e. The SMILES string of the molecule is BC(=O)n1ccnc1. The summed E-state index contributed by atoms with van der Waals surface area (Å²) in [5, 5.41) is 0. The molecular weight excluding hydrogens is 103 g/mol. The van der Waals surface area contributed by atoms with Gasteiger partial charge in [-0.2, -0.15) is 0 Å². The Hall–Kier alpha value is -1.06. The van der Waals surface area contributed by atoms with Gasteiger partial charge in [-0.3, -0.25) is 9.36 Å². The smallest absolute Gasteiger partial charge is 0.216 e. The number of carbonyl (C=O) groups is 1. The zero-order valence-electron chi connectivity index (χ0n) is 4.53. The lowest BCUT2D eigenvalue weighted by Crippen LogP contribution is -2.04. The number of carbonyl (C=O) groups excluding carboxylic acids is 1. The molecule has 40 valence electrons. The minimum atomic E-state index is -0.0116. The Morgan fingerprint density at radius 1 is 1.75 bits per heavy atom. The number of imidazole rings is 1. The number of nitrogens with zero attached hydrogens (tertiary/aromatic N) is 2. The number of hydrogen-bond acceptors (Lipinski definition) is 2. The topological polar surface area (TPSA) is 34.9 Å². The van der Waals surface area contributed by atoms with E-state index in [0.717, 1.165) is 0 Å². The normalized spacial score (nSPS) is 9.00. The molecule has 0 aromatic carbocycles. The summed E-state index contributed by atoms with van der Waals surface area (Å²) < 4.78 is 1.42. The summed E-state index contributed by atoms with van der Waals surface area (Å²) in [6.45, 7) is 0. The van der Waals surface area contributed by atoms with Crippen molar-refractivity contribution in [3.63, 3.8) is 0 Å². The fourth-order valence-corrected chi connectivity index (χ4v) is 0.445. The van der Waals surface area contributed by atoms with E-state index < -0.39 is 0 Å². The van der Waals surface area contributed by atoms with E-state index in [4.69, 9.17) is 0 Å². The molecule has 1 rings (SSSR count). The molecule has 1 aromatic heterocycles. The van der Waals surface area contributed by atoms with Crippen molar-refractivity contribution in [2.45, 2.75) is 0 Å². The minimum absolute atomic E-state index is 0.0116. The largest absolute Gasteiger partial charge is 0.288 e. The van der Waals surface area contributed by atoms with E-state index in [0.29, 0.717) is 0 Å². The van der Waals surface area contributed by atoms with Gasteiger partial charge in [-0.25, -0.2) is 4.98 Å². The Kier molecular flexibility index (Phi) is 1.16. The molecule has 1 aromatic rings. The average Bonchev–Trinajstić information content (AvgIpc) is 2.12. The van der Waals surface area contributed by atoms with E-state index in [1.807, 2.05) is 0 Å². The highest BCUT2D eigenvalue weighted by Crippen LogP contribution is 1.81. The molecule has 0 aliphatic rings. The van der Waals surface area contributed by atoms with Crippen LogP contribution in [0.25, 0.3) is 0 Å². The first kappa shape index (κ1) is 5.09. The summed E-state index contributed by atoms with van der Waals surface area (Å²) in [4.78, 5) is 14.1. The van der Waals surface area contributed by atoms with Gasteiger partial charge < -0.3 is 0 Å². The van der Waals surface area contributed by atoms with E-state index in [1.165, 1.54) is 18.7 Å². The van der Waals surface area contributed by atoms with Gasteiger partial charge in [0, 0.05) is 12.4 Å². The van der Waals surface area contributed by atoms with Crippen LogP contribution in [0.2, 0.25) is 0 Å². The standard InChI is InChI=1S/C4H5BN2O/c5-4(8)7-2-1-6-3-7/h1-3H,5H2. The van der Waals surface area contributed by atoms with Crippen LogP contribution in [0.5, 0.6) is 0 Å². The summed E-state index contributed by atoms with van der Waals surface area (Å²) in [6.07, 6.45) is 4.66. The van der Waals surface area contributed by atoms with Crippen LogP contribution in [0.4, 0.5) is 4.79 Å². The molecule has 1 heterocycles. The first-order valence-corrected chi connectivity index (χ1v) is 2.29. The monoisotopic (exact) mass is 108 g/mol. The molecule has 0 saturated carbocycles. The summed E-state index contributed by atoms with van der Waals surface area (Å²) in [5.74, 6) is -0.0116. The van der Waals surface area contributed by atoms with Crippen LogP contribution in [-0.4, -0.2) is 23.2 Å². The van der Waals surface area contributed by atoms with Crippen LogP contribution in [-0.2, 0) is 0 Å². The third-order valence-corrected chi connectivity index (χ3v) is 0.868. The highest BCUT2D eigenvalue weighted by molar-refractivity contribution is 6.57. The van der Waals surface area contributed by atoms with Crippen LogP contribution >= 0.6 is 0 Å². The zero-order chi connectivity index (χ0) is 5.98. The van der Waals surface area contributed by atoms with Crippen molar-refractivity contribution in [2.24, 2.45) is 0 Å². The molecule has 3 nitrogen and oxygen atoms in total. The van der Waals surface area contributed by atoms with Crippen molar-refractivity contribution in [3.05, 3.63) is 18.7 Å². The van der Waals surface area contributed by atoms with Crippen molar-refractivity contribution in [1.82, 2.24) is 9.55 Å². The second kappa shape index (κ2) is 1.82. The van der Waals surface area contributed by atoms with Gasteiger partial charge >= 0.3 is 0 Å². The van der Waals surface area contributed by atoms with Gasteiger partial charge in [0.1, 0.15) is 6.33 Å². The van der Waals surface area contributed by atoms with Crippen LogP contribution in [0, 0.1) is 0 Å². The Bertz CT molecular complexity index is 182. The van der Waals surface area contributed by atoms with Crippen molar-refractivity contribution in [1.29, 1.82) is 0 Å². The van der Waals surface area contributed by atoms with Gasteiger partial charge in [0.15, 0.2) is 5.81 Å². The highest BCUT2D eigenvalue weighted by atomic mass is 16.1. The Balaban J connectivity index is 2.93. The van der Waals surface area contributed by atoms with E-state index >= 15 is 0 Å². The van der Waals surface area contributed by atoms with Gasteiger partial charge in [0.05, 0.1) is 0 Å². The molecule has 0 unspecified atom stereocenters. The molecule has 4 heteroatoms. The van der Waals surface area contributed by atoms with Crippen molar-refractivity contribution in [3.8, 4) is 0 Å². The third-order valence-electron chi connectivity index (χ3n) is 0.868. The number of aromatic nitrogens is 2. The number of hydrogen-bond donors (Lipinski definition) is 0. The first-order valence-electron chi connectivity index (χ1n) is 2.29. The van der Waals surface area contributed by atoms with Crippen LogP contribution in [0.1, 0.15) is 0 Å². The second-order valence-electron chi connectivity index (χ2n) is 1.49. The molecule has 0 amide bonds. The van der Waals surface area contributed by atoms with Gasteiger partial charge in [0.2, 0.25) is 7.85 Å². The Labute approximate surface area is 47.7 Å². The molecule has 0 saturated heterocycles. The molecule has 0 aliphatic heterocycles. The van der Waals surface area contributed by atoms with Gasteiger partial charge in [-0.15, -0.1) is 0 Å². The van der Waals surface area contributed by atoms with Gasteiger partial charge in [0.25, 0.3) is 0 Å². The van der Waals surface area contributed by atoms with E-state index in [1.54, 1.807) is 12.4 Å². The summed E-state index contributed by atoms with van der Waals surface area (Å²) in [6, 6.07) is 0. The molecule has 0 atom stereocenters. The Morgan fingerprint density at radius 3 is 2.75 bits per heavy atom. The maximum atomic E-state index is 10.4. The maximum Gasteiger partial charge on any atom is 0.216 e. The van der Waals surface area contributed by atoms with Crippen LogP contribution in [0.15, 0.2) is 18.7 Å². The highest BCUT2D eigenvalue weighted by Gasteiger charge is 1.90. The van der Waals surface area contributed by atoms with Crippen molar-refractivity contribution >= 4 is 13.7 Å². The lowest BCUT2D eigenvalue weighted by atomic mass is 10.1. The molecule has 8 heavy (non-hydrogen) atoms. The molecule has 0 radical (unpaired) electrons. The molecule has 0 aliphatic carbocycles. The van der Waals surface area contributed by atoms with Gasteiger partial charge in [-0.1, -0.05) is 0 Å². The van der Waals surface area contributed by atoms with E-state index in [-0.39, 0.29) is 5.81 Å². The predicted octanol–water partition coefficient (Wildman–Crippen LogP) is -0.516. The van der Waals surface area contributed by atoms with Crippen molar-refractivity contribution < 1.29 is 4.79 Å². The molecule has 0 bridgehead atoms. The summed E-state index contributed by atoms with van der Waals surface area (Å²) in [7, 11) is 1.49. The first-order chi connectivity index (χ1) is 3.80. The quantitative estimate of drug-likeness (QED) is 0.419. The number of rotatable bonds is 0. The van der Waals surface area contributed by atoms with Crippen LogP contribution < -0.4 is 0 Å². The Morgan fingerprint density at radius 2 is 2.50 bits per heavy atom. The van der Waals surface area contributed by atoms with Crippen LogP contribution in [0.3, 0.4) is 0 Å². The molecular formula is C4H5BN2O. The van der Waals surface area contributed by atoms with Crippen molar-refractivity contribution in [2.75, 3.05) is 0 Å². The predicted molar refractivity (Wildman–Crippen MR) is 31.6 cm³/mol. The fourth-order valence-electron chi connectivity index (χ4n) is 0.445. The molecule has 0 N–H and O–H groups in total. The van der Waals surface area contributed by atoms with E-state index in [9.17, 15) is 4.79 Å². The molecule has 0 fully saturated rings. The lowest BCUT2D eigenvalue weighted by Gasteiger charge is -1.87. The summed E-state index contributed by atoms with van der Waals surface area (Å²) in [5.41, 5.74) is 0. The van der Waals surface area contributed by atoms with E-state index in [2.05, 4.69) is 4.98 Å². The maximum absolute atomic E-state index is 10.4.